The van der Waals surface area contributed by atoms with Crippen LogP contribution in [0.15, 0.2) is 36.5 Å². The number of rotatable bonds is 4. The van der Waals surface area contributed by atoms with E-state index in [1.807, 2.05) is 13.0 Å². The number of carbonyl (C=O) groups is 1. The Kier molecular flexibility index (Phi) is 4.05. The van der Waals surface area contributed by atoms with Crippen molar-refractivity contribution in [3.8, 4) is 0 Å². The third-order valence-electron chi connectivity index (χ3n) is 4.51. The van der Waals surface area contributed by atoms with Crippen LogP contribution < -0.4 is 10.2 Å². The Labute approximate surface area is 145 Å². The number of nitrogens with one attached hydrogen (secondary N) is 1. The maximum Gasteiger partial charge on any atom is 0.291 e. The number of hydrogen-bond donors (Lipinski definition) is 1. The molecule has 3 aromatic rings. The summed E-state index contributed by atoms with van der Waals surface area (Å²) in [6, 6.07) is 10.3. The minimum atomic E-state index is -0.268. The summed E-state index contributed by atoms with van der Waals surface area (Å²) in [4.78, 5) is 23.0. The Balaban J connectivity index is 1.40. The number of aromatic nitrogens is 4. The molecule has 0 saturated carbocycles. The fraction of sp³-hybridized carbons (Fsp3) is 0.333. The monoisotopic (exact) mass is 336 g/mol. The predicted molar refractivity (Wildman–Crippen MR) is 94.8 cm³/mol. The van der Waals surface area contributed by atoms with Gasteiger partial charge in [0, 0.05) is 37.2 Å². The molecule has 7 heteroatoms. The lowest BCUT2D eigenvalue weighted by Gasteiger charge is -2.31. The van der Waals surface area contributed by atoms with E-state index in [1.54, 1.807) is 10.7 Å². The smallest absolute Gasteiger partial charge is 0.291 e. The first kappa shape index (κ1) is 15.6. The highest BCUT2D eigenvalue weighted by Crippen LogP contribution is 2.25. The second-order valence-corrected chi connectivity index (χ2v) is 6.21. The first-order valence-corrected chi connectivity index (χ1v) is 8.52. The van der Waals surface area contributed by atoms with Crippen molar-refractivity contribution < 1.29 is 4.79 Å². The largest absolute Gasteiger partial charge is 0.370 e. The summed E-state index contributed by atoms with van der Waals surface area (Å²) < 4.78 is 1.58. The molecule has 1 aromatic carbocycles. The summed E-state index contributed by atoms with van der Waals surface area (Å²) in [5.74, 6) is 0.325. The van der Waals surface area contributed by atoms with Crippen LogP contribution in [0.25, 0.3) is 5.78 Å². The predicted octanol–water partition coefficient (Wildman–Crippen LogP) is 1.62. The van der Waals surface area contributed by atoms with Crippen LogP contribution in [0.5, 0.6) is 0 Å². The molecular formula is C18H20N6O. The average Bonchev–Trinajstić information content (AvgIpc) is 3.08. The third kappa shape index (κ3) is 3.05. The molecule has 1 N–H and O–H groups in total. The fourth-order valence-corrected chi connectivity index (χ4v) is 3.23. The summed E-state index contributed by atoms with van der Waals surface area (Å²) >= 11 is 0. The van der Waals surface area contributed by atoms with Gasteiger partial charge in [-0.15, -0.1) is 5.10 Å². The first-order valence-electron chi connectivity index (χ1n) is 8.52. The summed E-state index contributed by atoms with van der Waals surface area (Å²) in [5.41, 5.74) is 3.54. The number of hydrogen-bond acceptors (Lipinski definition) is 5. The van der Waals surface area contributed by atoms with Gasteiger partial charge in [-0.1, -0.05) is 18.2 Å². The number of carbonyl (C=O) groups excluding carboxylic acids is 1. The molecule has 7 nitrogen and oxygen atoms in total. The number of fused-ring (bicyclic) bond motifs is 2. The molecule has 0 fully saturated rings. The van der Waals surface area contributed by atoms with E-state index in [4.69, 9.17) is 0 Å². The lowest BCUT2D eigenvalue weighted by atomic mass is 10.0. The molecule has 2 aromatic heterocycles. The van der Waals surface area contributed by atoms with Crippen molar-refractivity contribution in [2.75, 3.05) is 24.5 Å². The SMILES string of the molecule is Cc1ccnc2nc(C(=O)NCCN3CCCc4ccccc43)nn12. The quantitative estimate of drug-likeness (QED) is 0.783. The molecule has 0 aliphatic carbocycles. The zero-order valence-electron chi connectivity index (χ0n) is 14.1. The minimum absolute atomic E-state index is 0.154. The second kappa shape index (κ2) is 6.51. The van der Waals surface area contributed by atoms with E-state index in [1.165, 1.54) is 11.3 Å². The fourth-order valence-electron chi connectivity index (χ4n) is 3.23. The van der Waals surface area contributed by atoms with E-state index in [9.17, 15) is 4.79 Å². The van der Waals surface area contributed by atoms with Gasteiger partial charge in [0.25, 0.3) is 11.7 Å². The van der Waals surface area contributed by atoms with Crippen LogP contribution in [0.3, 0.4) is 0 Å². The standard InChI is InChI=1S/C18H20N6O/c1-13-8-9-20-18-21-16(22-24(13)18)17(25)19-10-12-23-11-4-6-14-5-2-3-7-15(14)23/h2-3,5,7-9H,4,6,10-12H2,1H3,(H,19,25). The first-order chi connectivity index (χ1) is 12.2. The van der Waals surface area contributed by atoms with E-state index >= 15 is 0 Å². The van der Waals surface area contributed by atoms with Gasteiger partial charge in [-0.3, -0.25) is 4.79 Å². The Bertz CT molecular complexity index is 919. The van der Waals surface area contributed by atoms with Crippen LogP contribution in [-0.2, 0) is 6.42 Å². The molecule has 0 atom stereocenters. The van der Waals surface area contributed by atoms with Gasteiger partial charge in [0.1, 0.15) is 0 Å². The second-order valence-electron chi connectivity index (χ2n) is 6.21. The minimum Gasteiger partial charge on any atom is -0.370 e. The highest BCUT2D eigenvalue weighted by atomic mass is 16.2. The van der Waals surface area contributed by atoms with E-state index in [2.05, 4.69) is 49.5 Å². The van der Waals surface area contributed by atoms with Crippen molar-refractivity contribution in [1.82, 2.24) is 24.9 Å². The molecule has 0 spiro atoms. The molecule has 0 saturated heterocycles. The zero-order valence-corrected chi connectivity index (χ0v) is 14.1. The van der Waals surface area contributed by atoms with Gasteiger partial charge < -0.3 is 10.2 Å². The van der Waals surface area contributed by atoms with Crippen LogP contribution in [0, 0.1) is 6.92 Å². The van der Waals surface area contributed by atoms with E-state index in [0.717, 1.165) is 31.6 Å². The van der Waals surface area contributed by atoms with Crippen molar-refractivity contribution in [2.45, 2.75) is 19.8 Å². The molecule has 1 aliphatic rings. The zero-order chi connectivity index (χ0) is 17.2. The molecule has 1 amide bonds. The van der Waals surface area contributed by atoms with Crippen molar-refractivity contribution in [2.24, 2.45) is 0 Å². The van der Waals surface area contributed by atoms with Crippen molar-refractivity contribution in [1.29, 1.82) is 0 Å². The molecule has 0 bridgehead atoms. The number of amides is 1. The van der Waals surface area contributed by atoms with Gasteiger partial charge in [-0.25, -0.2) is 9.50 Å². The maximum atomic E-state index is 12.3. The lowest BCUT2D eigenvalue weighted by molar-refractivity contribution is 0.0944. The highest BCUT2D eigenvalue weighted by molar-refractivity contribution is 5.90. The van der Waals surface area contributed by atoms with Gasteiger partial charge in [0.05, 0.1) is 0 Å². The van der Waals surface area contributed by atoms with Gasteiger partial charge in [0.15, 0.2) is 0 Å². The average molecular weight is 336 g/mol. The van der Waals surface area contributed by atoms with E-state index in [-0.39, 0.29) is 11.7 Å². The van der Waals surface area contributed by atoms with E-state index < -0.39 is 0 Å². The molecule has 128 valence electrons. The molecule has 0 radical (unpaired) electrons. The van der Waals surface area contributed by atoms with Crippen LogP contribution in [0.2, 0.25) is 0 Å². The number of anilines is 1. The topological polar surface area (TPSA) is 75.4 Å². The van der Waals surface area contributed by atoms with E-state index in [0.29, 0.717) is 12.3 Å². The molecular weight excluding hydrogens is 316 g/mol. The van der Waals surface area contributed by atoms with Gasteiger partial charge in [-0.2, -0.15) is 4.98 Å². The van der Waals surface area contributed by atoms with Crippen molar-refractivity contribution in [3.63, 3.8) is 0 Å². The van der Waals surface area contributed by atoms with Crippen LogP contribution in [0.4, 0.5) is 5.69 Å². The summed E-state index contributed by atoms with van der Waals surface area (Å²) in [7, 11) is 0. The number of benzene rings is 1. The molecule has 25 heavy (non-hydrogen) atoms. The Morgan fingerprint density at radius 1 is 1.28 bits per heavy atom. The Morgan fingerprint density at radius 3 is 3.04 bits per heavy atom. The maximum absolute atomic E-state index is 12.3. The van der Waals surface area contributed by atoms with Crippen LogP contribution >= 0.6 is 0 Å². The van der Waals surface area contributed by atoms with Gasteiger partial charge >= 0.3 is 0 Å². The normalized spacial score (nSPS) is 13.7. The van der Waals surface area contributed by atoms with Crippen LogP contribution in [0.1, 0.15) is 28.3 Å². The molecule has 4 rings (SSSR count). The summed E-state index contributed by atoms with van der Waals surface area (Å²) in [6.45, 7) is 4.24. The molecule has 1 aliphatic heterocycles. The number of nitrogens with zero attached hydrogens (tertiary/aromatic N) is 5. The Hall–Kier alpha value is -2.96. The van der Waals surface area contributed by atoms with Crippen molar-refractivity contribution in [3.05, 3.63) is 53.6 Å². The molecule has 0 unspecified atom stereocenters. The van der Waals surface area contributed by atoms with Gasteiger partial charge in [-0.05, 0) is 37.5 Å². The van der Waals surface area contributed by atoms with Gasteiger partial charge in [0.2, 0.25) is 5.82 Å². The molecule has 3 heterocycles. The highest BCUT2D eigenvalue weighted by Gasteiger charge is 2.17. The lowest BCUT2D eigenvalue weighted by Crippen LogP contribution is -2.37. The number of para-hydroxylation sites is 1. The Morgan fingerprint density at radius 2 is 2.16 bits per heavy atom. The third-order valence-corrected chi connectivity index (χ3v) is 4.51. The number of aryl methyl sites for hydroxylation is 2. The summed E-state index contributed by atoms with van der Waals surface area (Å²) in [5, 5.41) is 7.14. The van der Waals surface area contributed by atoms with Crippen molar-refractivity contribution >= 4 is 17.4 Å². The van der Waals surface area contributed by atoms with Crippen LogP contribution in [-0.4, -0.2) is 45.1 Å². The summed E-state index contributed by atoms with van der Waals surface area (Å²) in [6.07, 6.45) is 3.93.